The first-order chi connectivity index (χ1) is 14.5. The molecular weight excluding hydrogens is 386 g/mol. The molecule has 0 bridgehead atoms. The van der Waals surface area contributed by atoms with Gasteiger partial charge in [0, 0.05) is 0 Å². The van der Waals surface area contributed by atoms with Gasteiger partial charge in [0.1, 0.15) is 12.1 Å². The van der Waals surface area contributed by atoms with Crippen molar-refractivity contribution in [3.8, 4) is 0 Å². The molecule has 0 unspecified atom stereocenters. The Morgan fingerprint density at radius 3 is 2.50 bits per heavy atom. The van der Waals surface area contributed by atoms with E-state index in [2.05, 4.69) is 15.7 Å². The van der Waals surface area contributed by atoms with Gasteiger partial charge in [0.15, 0.2) is 0 Å². The van der Waals surface area contributed by atoms with Crippen molar-refractivity contribution in [1.29, 1.82) is 0 Å². The van der Waals surface area contributed by atoms with Crippen molar-refractivity contribution in [2.24, 2.45) is 0 Å². The van der Waals surface area contributed by atoms with Crippen LogP contribution < -0.4 is 16.3 Å². The average molecular weight is 405 g/mol. The predicted molar refractivity (Wildman–Crippen MR) is 108 cm³/mol. The second-order valence-electron chi connectivity index (χ2n) is 6.93. The maximum absolute atomic E-state index is 13.0. The summed E-state index contributed by atoms with van der Waals surface area (Å²) >= 11 is 0. The number of hydrazine groups is 1. The Balaban J connectivity index is 1.55. The molecule has 0 spiro atoms. The van der Waals surface area contributed by atoms with Gasteiger partial charge in [-0.25, -0.2) is 9.78 Å². The Hall–Kier alpha value is -4.01. The summed E-state index contributed by atoms with van der Waals surface area (Å²) in [6.07, 6.45) is 1.57. The van der Waals surface area contributed by atoms with Gasteiger partial charge in [-0.1, -0.05) is 49.4 Å². The minimum Gasteiger partial charge on any atom is -0.318 e. The van der Waals surface area contributed by atoms with E-state index in [9.17, 15) is 19.2 Å². The number of hydrogen-bond donors (Lipinski definition) is 2. The zero-order chi connectivity index (χ0) is 21.3. The van der Waals surface area contributed by atoms with E-state index in [4.69, 9.17) is 0 Å². The van der Waals surface area contributed by atoms with Crippen LogP contribution in [0.1, 0.15) is 18.9 Å². The number of benzene rings is 2. The molecule has 2 aromatic carbocycles. The van der Waals surface area contributed by atoms with Crippen molar-refractivity contribution < 1.29 is 14.4 Å². The Kier molecular flexibility index (Phi) is 4.78. The molecule has 1 fully saturated rings. The largest absolute Gasteiger partial charge is 0.344 e. The van der Waals surface area contributed by atoms with Crippen LogP contribution in [0, 0.1) is 0 Å². The Morgan fingerprint density at radius 1 is 1.07 bits per heavy atom. The number of para-hydroxylation sites is 1. The SMILES string of the molecule is CC[C@@]1(c2ccccc2)NC(=O)N(NC(=O)Cn2cnc3ccccc3c2=O)C1=O. The lowest BCUT2D eigenvalue weighted by Crippen LogP contribution is -2.49. The molecule has 9 heteroatoms. The monoisotopic (exact) mass is 405 g/mol. The van der Waals surface area contributed by atoms with Gasteiger partial charge in [0.05, 0.1) is 17.2 Å². The standard InChI is InChI=1S/C21H19N5O4/c1-2-21(14-8-4-3-5-9-14)19(29)26(20(30)23-21)24-17(27)12-25-13-22-16-11-7-6-10-15(16)18(25)28/h3-11,13H,2,12H2,1H3,(H,23,30)(H,24,27)/t21-/m0/s1. The summed E-state index contributed by atoms with van der Waals surface area (Å²) in [5, 5.41) is 3.72. The molecule has 1 aliphatic heterocycles. The molecule has 4 rings (SSSR count). The molecule has 2 N–H and O–H groups in total. The summed E-state index contributed by atoms with van der Waals surface area (Å²) in [5.74, 6) is -1.28. The van der Waals surface area contributed by atoms with E-state index in [1.165, 1.54) is 6.33 Å². The van der Waals surface area contributed by atoms with Crippen LogP contribution in [0.5, 0.6) is 0 Å². The quantitative estimate of drug-likeness (QED) is 0.621. The maximum atomic E-state index is 13.0. The Bertz CT molecular complexity index is 1210. The third kappa shape index (κ3) is 3.10. The topological polar surface area (TPSA) is 113 Å². The average Bonchev–Trinajstić information content (AvgIpc) is 3.01. The molecule has 1 atom stereocenters. The number of rotatable bonds is 5. The van der Waals surface area contributed by atoms with Crippen molar-refractivity contribution in [3.63, 3.8) is 0 Å². The van der Waals surface area contributed by atoms with Crippen molar-refractivity contribution in [2.75, 3.05) is 0 Å². The third-order valence-corrected chi connectivity index (χ3v) is 5.17. The number of nitrogens with zero attached hydrogens (tertiary/aromatic N) is 3. The molecular formula is C21H19N5O4. The van der Waals surface area contributed by atoms with Gasteiger partial charge >= 0.3 is 6.03 Å². The van der Waals surface area contributed by atoms with Gasteiger partial charge in [-0.15, -0.1) is 0 Å². The third-order valence-electron chi connectivity index (χ3n) is 5.17. The number of imide groups is 1. The number of carbonyl (C=O) groups excluding carboxylic acids is 3. The van der Waals surface area contributed by atoms with Crippen LogP contribution >= 0.6 is 0 Å². The normalized spacial score (nSPS) is 18.5. The van der Waals surface area contributed by atoms with E-state index in [1.807, 2.05) is 6.07 Å². The number of nitrogens with one attached hydrogen (secondary N) is 2. The highest BCUT2D eigenvalue weighted by molar-refractivity contribution is 6.08. The molecule has 1 aliphatic rings. The van der Waals surface area contributed by atoms with Gasteiger partial charge in [-0.2, -0.15) is 5.01 Å². The molecule has 1 saturated heterocycles. The van der Waals surface area contributed by atoms with Gasteiger partial charge in [0.2, 0.25) is 0 Å². The van der Waals surface area contributed by atoms with Gasteiger partial charge in [-0.05, 0) is 24.1 Å². The summed E-state index contributed by atoms with van der Waals surface area (Å²) in [6, 6.07) is 14.9. The van der Waals surface area contributed by atoms with Crippen molar-refractivity contribution in [1.82, 2.24) is 25.3 Å². The lowest BCUT2D eigenvalue weighted by Gasteiger charge is -2.25. The minimum absolute atomic E-state index is 0.308. The fourth-order valence-corrected chi connectivity index (χ4v) is 3.57. The highest BCUT2D eigenvalue weighted by atomic mass is 16.2. The molecule has 4 amide bonds. The van der Waals surface area contributed by atoms with Gasteiger partial charge < -0.3 is 5.32 Å². The highest BCUT2D eigenvalue weighted by Gasteiger charge is 2.52. The molecule has 3 aromatic rings. The van der Waals surface area contributed by atoms with E-state index in [-0.39, 0.29) is 5.56 Å². The van der Waals surface area contributed by atoms with Crippen LogP contribution in [0.25, 0.3) is 10.9 Å². The Labute approximate surface area is 171 Å². The van der Waals surface area contributed by atoms with Crippen molar-refractivity contribution >= 4 is 28.7 Å². The first-order valence-electron chi connectivity index (χ1n) is 9.42. The summed E-state index contributed by atoms with van der Waals surface area (Å²) < 4.78 is 1.13. The van der Waals surface area contributed by atoms with Crippen LogP contribution in [0.2, 0.25) is 0 Å². The maximum Gasteiger partial charge on any atom is 0.344 e. The second-order valence-corrected chi connectivity index (χ2v) is 6.93. The number of carbonyl (C=O) groups is 3. The zero-order valence-electron chi connectivity index (χ0n) is 16.2. The Morgan fingerprint density at radius 2 is 1.77 bits per heavy atom. The van der Waals surface area contributed by atoms with Gasteiger partial charge in [-0.3, -0.25) is 24.4 Å². The van der Waals surface area contributed by atoms with E-state index in [1.54, 1.807) is 55.5 Å². The van der Waals surface area contributed by atoms with E-state index < -0.39 is 29.9 Å². The van der Waals surface area contributed by atoms with E-state index in [0.29, 0.717) is 27.9 Å². The molecule has 2 heterocycles. The lowest BCUT2D eigenvalue weighted by atomic mass is 9.87. The second kappa shape index (κ2) is 7.43. The van der Waals surface area contributed by atoms with Crippen LogP contribution in [-0.4, -0.2) is 32.4 Å². The summed E-state index contributed by atoms with van der Waals surface area (Å²) in [5.41, 5.74) is 1.80. The molecule has 0 radical (unpaired) electrons. The first-order valence-corrected chi connectivity index (χ1v) is 9.42. The summed E-state index contributed by atoms with van der Waals surface area (Å²) in [6.45, 7) is 1.38. The van der Waals surface area contributed by atoms with Crippen molar-refractivity contribution in [3.05, 3.63) is 76.8 Å². The molecule has 152 valence electrons. The predicted octanol–water partition coefficient (Wildman–Crippen LogP) is 1.28. The zero-order valence-corrected chi connectivity index (χ0v) is 16.2. The number of amides is 4. The minimum atomic E-state index is -1.26. The van der Waals surface area contributed by atoms with Crippen LogP contribution in [0.3, 0.4) is 0 Å². The van der Waals surface area contributed by atoms with E-state index in [0.717, 1.165) is 4.57 Å². The molecule has 30 heavy (non-hydrogen) atoms. The summed E-state index contributed by atoms with van der Waals surface area (Å²) in [4.78, 5) is 54.7. The smallest absolute Gasteiger partial charge is 0.318 e. The van der Waals surface area contributed by atoms with Crippen molar-refractivity contribution in [2.45, 2.75) is 25.4 Å². The summed E-state index contributed by atoms with van der Waals surface area (Å²) in [7, 11) is 0. The molecule has 1 aromatic heterocycles. The molecule has 0 aliphatic carbocycles. The fourth-order valence-electron chi connectivity index (χ4n) is 3.57. The fraction of sp³-hybridized carbons (Fsp3) is 0.190. The number of urea groups is 1. The molecule has 0 saturated carbocycles. The first kappa shape index (κ1) is 19.3. The number of fused-ring (bicyclic) bond motifs is 1. The van der Waals surface area contributed by atoms with Crippen LogP contribution in [0.4, 0.5) is 4.79 Å². The lowest BCUT2D eigenvalue weighted by molar-refractivity contribution is -0.139. The highest BCUT2D eigenvalue weighted by Crippen LogP contribution is 2.31. The number of aromatic nitrogens is 2. The van der Waals surface area contributed by atoms with Gasteiger partial charge in [0.25, 0.3) is 17.4 Å². The molecule has 9 nitrogen and oxygen atoms in total. The number of hydrogen-bond acceptors (Lipinski definition) is 5. The van der Waals surface area contributed by atoms with Crippen LogP contribution in [-0.2, 0) is 21.7 Å². The van der Waals surface area contributed by atoms with Crippen LogP contribution in [0.15, 0.2) is 65.7 Å². The van der Waals surface area contributed by atoms with E-state index >= 15 is 0 Å².